The lowest BCUT2D eigenvalue weighted by Crippen LogP contribution is -2.30. The first-order valence-electron chi connectivity index (χ1n) is 7.36. The van der Waals surface area contributed by atoms with E-state index in [1.807, 2.05) is 16.7 Å². The zero-order chi connectivity index (χ0) is 15.3. The molecule has 1 atom stereocenters. The maximum Gasteiger partial charge on any atom is 0.160 e. The van der Waals surface area contributed by atoms with Crippen LogP contribution >= 0.6 is 0 Å². The van der Waals surface area contributed by atoms with E-state index in [0.717, 1.165) is 24.0 Å². The molecule has 21 heavy (non-hydrogen) atoms. The number of pyridine rings is 1. The van der Waals surface area contributed by atoms with E-state index in [1.54, 1.807) is 6.20 Å². The van der Waals surface area contributed by atoms with E-state index >= 15 is 0 Å². The summed E-state index contributed by atoms with van der Waals surface area (Å²) in [6.07, 6.45) is 4.07. The topological polar surface area (TPSA) is 64.8 Å². The van der Waals surface area contributed by atoms with E-state index in [4.69, 9.17) is 0 Å². The second-order valence-electron chi connectivity index (χ2n) is 6.67. The number of nitrogens with zero attached hydrogens (tertiary/aromatic N) is 3. The van der Waals surface area contributed by atoms with Crippen LogP contribution in [0.25, 0.3) is 11.2 Å². The molecule has 1 fully saturated rings. The van der Waals surface area contributed by atoms with Gasteiger partial charge >= 0.3 is 0 Å². The fourth-order valence-corrected chi connectivity index (χ4v) is 4.95. The first-order chi connectivity index (χ1) is 9.81. The highest BCUT2D eigenvalue weighted by Crippen LogP contribution is 2.36. The normalized spacial score (nSPS) is 22.5. The van der Waals surface area contributed by atoms with Crippen LogP contribution < -0.4 is 0 Å². The van der Waals surface area contributed by atoms with Crippen molar-refractivity contribution in [1.29, 1.82) is 0 Å². The third kappa shape index (κ3) is 2.46. The molecule has 1 saturated heterocycles. The molecule has 114 valence electrons. The zero-order valence-electron chi connectivity index (χ0n) is 12.7. The number of sulfone groups is 1. The van der Waals surface area contributed by atoms with Crippen molar-refractivity contribution in [3.63, 3.8) is 0 Å². The molecule has 1 aliphatic heterocycles. The van der Waals surface area contributed by atoms with Crippen LogP contribution in [0.3, 0.4) is 0 Å². The molecule has 2 aromatic rings. The van der Waals surface area contributed by atoms with Crippen LogP contribution in [-0.4, -0.2) is 28.7 Å². The van der Waals surface area contributed by atoms with Gasteiger partial charge in [0.2, 0.25) is 0 Å². The number of imidazole rings is 1. The summed E-state index contributed by atoms with van der Waals surface area (Å²) in [6, 6.07) is 3.73. The highest BCUT2D eigenvalue weighted by atomic mass is 32.2. The van der Waals surface area contributed by atoms with E-state index in [9.17, 15) is 8.42 Å². The average molecular weight is 307 g/mol. The van der Waals surface area contributed by atoms with Crippen LogP contribution in [0.2, 0.25) is 0 Å². The molecular formula is C15H21N3O2S. The van der Waals surface area contributed by atoms with Crippen molar-refractivity contribution in [3.05, 3.63) is 24.2 Å². The molecule has 6 heteroatoms. The minimum atomic E-state index is -3.12. The highest BCUT2D eigenvalue weighted by Gasteiger charge is 2.36. The third-order valence-corrected chi connectivity index (χ3v) is 6.15. The Hall–Kier alpha value is -1.43. The molecule has 0 N–H and O–H groups in total. The quantitative estimate of drug-likeness (QED) is 0.812. The van der Waals surface area contributed by atoms with Crippen molar-refractivity contribution in [2.45, 2.75) is 50.8 Å². The Morgan fingerprint density at radius 1 is 1.29 bits per heavy atom. The minimum absolute atomic E-state index is 0.259. The van der Waals surface area contributed by atoms with E-state index in [2.05, 4.69) is 30.7 Å². The van der Waals surface area contributed by atoms with E-state index in [1.165, 1.54) is 0 Å². The van der Waals surface area contributed by atoms with Crippen LogP contribution in [0.15, 0.2) is 18.3 Å². The molecule has 0 spiro atoms. The third-order valence-electron chi connectivity index (χ3n) is 3.98. The van der Waals surface area contributed by atoms with Crippen molar-refractivity contribution in [3.8, 4) is 0 Å². The highest BCUT2D eigenvalue weighted by molar-refractivity contribution is 7.91. The maximum atomic E-state index is 12.5. The fourth-order valence-electron chi connectivity index (χ4n) is 3.05. The second-order valence-corrected chi connectivity index (χ2v) is 8.98. The van der Waals surface area contributed by atoms with Gasteiger partial charge in [-0.2, -0.15) is 0 Å². The van der Waals surface area contributed by atoms with Gasteiger partial charge in [-0.3, -0.25) is 0 Å². The van der Waals surface area contributed by atoms with Gasteiger partial charge in [-0.25, -0.2) is 18.4 Å². The lowest BCUT2D eigenvalue weighted by Gasteiger charge is -2.28. The summed E-state index contributed by atoms with van der Waals surface area (Å²) in [6.45, 7) is 6.17. The van der Waals surface area contributed by atoms with Gasteiger partial charge in [0.1, 0.15) is 16.6 Å². The Morgan fingerprint density at radius 2 is 2.05 bits per heavy atom. The first-order valence-corrected chi connectivity index (χ1v) is 9.08. The Balaban J connectivity index is 2.27. The predicted molar refractivity (Wildman–Crippen MR) is 82.9 cm³/mol. The van der Waals surface area contributed by atoms with Crippen molar-refractivity contribution < 1.29 is 8.42 Å². The van der Waals surface area contributed by atoms with Crippen LogP contribution in [0.4, 0.5) is 0 Å². The maximum absolute atomic E-state index is 12.5. The summed E-state index contributed by atoms with van der Waals surface area (Å²) in [4.78, 5) is 9.04. The minimum Gasteiger partial charge on any atom is -0.306 e. The van der Waals surface area contributed by atoms with Crippen molar-refractivity contribution in [2.75, 3.05) is 5.75 Å². The lowest BCUT2D eigenvalue weighted by atomic mass is 10.1. The molecule has 0 radical (unpaired) electrons. The first kappa shape index (κ1) is 14.5. The van der Waals surface area contributed by atoms with Crippen molar-refractivity contribution in [2.24, 2.45) is 0 Å². The number of rotatable bonds is 1. The zero-order valence-corrected chi connectivity index (χ0v) is 13.5. The van der Waals surface area contributed by atoms with E-state index < -0.39 is 15.1 Å². The van der Waals surface area contributed by atoms with Gasteiger partial charge in [0, 0.05) is 11.7 Å². The van der Waals surface area contributed by atoms with E-state index in [0.29, 0.717) is 12.2 Å². The number of hydrogen-bond acceptors (Lipinski definition) is 4. The Morgan fingerprint density at radius 3 is 2.71 bits per heavy atom. The summed E-state index contributed by atoms with van der Waals surface area (Å²) in [5.41, 5.74) is 1.27. The standard InChI is InChI=1S/C15H21N3O2S/c1-15(2,3)18-13-11(7-6-9-16-13)17-14(18)12-8-4-5-10-21(12,19)20/h6-7,9,12H,4-5,8,10H2,1-3H3. The Labute approximate surface area is 125 Å². The molecular weight excluding hydrogens is 286 g/mol. The van der Waals surface area contributed by atoms with Gasteiger partial charge in [0.25, 0.3) is 0 Å². The molecule has 0 aliphatic carbocycles. The van der Waals surface area contributed by atoms with Gasteiger partial charge in [0.05, 0.1) is 5.75 Å². The molecule has 2 aromatic heterocycles. The number of fused-ring (bicyclic) bond motifs is 1. The average Bonchev–Trinajstić information content (AvgIpc) is 2.76. The summed E-state index contributed by atoms with van der Waals surface area (Å²) in [7, 11) is -3.12. The smallest absolute Gasteiger partial charge is 0.160 e. The Kier molecular flexibility index (Phi) is 3.31. The summed E-state index contributed by atoms with van der Waals surface area (Å²) in [5, 5.41) is -0.500. The van der Waals surface area contributed by atoms with Crippen LogP contribution in [-0.2, 0) is 15.4 Å². The second kappa shape index (κ2) is 4.80. The SMILES string of the molecule is CC(C)(C)n1c(C2CCCCS2(=O)=O)nc2cccnc21. The predicted octanol–water partition coefficient (Wildman–Crippen LogP) is 2.83. The van der Waals surface area contributed by atoms with Crippen molar-refractivity contribution >= 4 is 21.0 Å². The molecule has 3 rings (SSSR count). The van der Waals surface area contributed by atoms with Crippen LogP contribution in [0, 0.1) is 0 Å². The van der Waals surface area contributed by atoms with E-state index in [-0.39, 0.29) is 11.3 Å². The van der Waals surface area contributed by atoms with Gasteiger partial charge < -0.3 is 4.57 Å². The van der Waals surface area contributed by atoms with Crippen LogP contribution in [0.1, 0.15) is 51.1 Å². The van der Waals surface area contributed by atoms with Gasteiger partial charge in [0.15, 0.2) is 15.5 Å². The lowest BCUT2D eigenvalue weighted by molar-refractivity contribution is 0.384. The Bertz CT molecular complexity index is 772. The summed E-state index contributed by atoms with van der Waals surface area (Å²) < 4.78 is 26.9. The van der Waals surface area contributed by atoms with Gasteiger partial charge in [-0.05, 0) is 45.7 Å². The van der Waals surface area contributed by atoms with Crippen molar-refractivity contribution in [1.82, 2.24) is 14.5 Å². The molecule has 0 bridgehead atoms. The molecule has 5 nitrogen and oxygen atoms in total. The summed E-state index contributed by atoms with van der Waals surface area (Å²) >= 11 is 0. The molecule has 0 amide bonds. The largest absolute Gasteiger partial charge is 0.306 e. The molecule has 3 heterocycles. The molecule has 1 aliphatic rings. The van der Waals surface area contributed by atoms with Gasteiger partial charge in [-0.1, -0.05) is 6.42 Å². The van der Waals surface area contributed by atoms with Gasteiger partial charge in [-0.15, -0.1) is 0 Å². The summed E-state index contributed by atoms with van der Waals surface area (Å²) in [5.74, 6) is 0.911. The number of aromatic nitrogens is 3. The molecule has 1 unspecified atom stereocenters. The molecule has 0 saturated carbocycles. The number of hydrogen-bond donors (Lipinski definition) is 0. The van der Waals surface area contributed by atoms with Crippen LogP contribution in [0.5, 0.6) is 0 Å². The monoisotopic (exact) mass is 307 g/mol. The molecule has 0 aromatic carbocycles. The fraction of sp³-hybridized carbons (Fsp3) is 0.600.